The standard InChI is InChI=1S/C20H27N7O2/c1-15-12-16(2)27(22-15)19-4-5-20(28)26(23-19)11-10-24-6-8-25(9-7-24)14-18-13-21-29-17(18)3/h4-5,12-13H,6-11,14H2,1-3H3. The van der Waals surface area contributed by atoms with Crippen LogP contribution in [0.25, 0.3) is 5.82 Å². The number of hydrogen-bond donors (Lipinski definition) is 0. The van der Waals surface area contributed by atoms with Crippen molar-refractivity contribution >= 4 is 0 Å². The topological polar surface area (TPSA) is 85.2 Å². The van der Waals surface area contributed by atoms with Crippen molar-refractivity contribution in [2.45, 2.75) is 33.9 Å². The summed E-state index contributed by atoms with van der Waals surface area (Å²) in [5.41, 5.74) is 2.99. The molecule has 0 aromatic carbocycles. The molecule has 0 N–H and O–H groups in total. The summed E-state index contributed by atoms with van der Waals surface area (Å²) in [4.78, 5) is 17.0. The van der Waals surface area contributed by atoms with Crippen molar-refractivity contribution < 1.29 is 4.52 Å². The Balaban J connectivity index is 1.34. The van der Waals surface area contributed by atoms with Crippen LogP contribution in [0.5, 0.6) is 0 Å². The Hall–Kier alpha value is -2.78. The monoisotopic (exact) mass is 397 g/mol. The second kappa shape index (κ2) is 8.30. The molecule has 0 saturated carbocycles. The molecule has 1 fully saturated rings. The summed E-state index contributed by atoms with van der Waals surface area (Å²) >= 11 is 0. The minimum atomic E-state index is -0.0862. The van der Waals surface area contributed by atoms with Gasteiger partial charge in [0.15, 0.2) is 5.82 Å². The van der Waals surface area contributed by atoms with E-state index in [0.717, 1.165) is 62.0 Å². The van der Waals surface area contributed by atoms with Gasteiger partial charge >= 0.3 is 0 Å². The zero-order valence-electron chi connectivity index (χ0n) is 17.2. The van der Waals surface area contributed by atoms with Crippen LogP contribution < -0.4 is 5.56 Å². The Bertz CT molecular complexity index is 1030. The molecule has 1 aliphatic heterocycles. The number of rotatable bonds is 6. The summed E-state index contributed by atoms with van der Waals surface area (Å²) in [6.07, 6.45) is 1.80. The summed E-state index contributed by atoms with van der Waals surface area (Å²) < 4.78 is 8.46. The van der Waals surface area contributed by atoms with E-state index in [1.807, 2.05) is 26.8 Å². The first-order chi connectivity index (χ1) is 14.0. The maximum atomic E-state index is 12.3. The molecule has 0 bridgehead atoms. The normalized spacial score (nSPS) is 15.8. The van der Waals surface area contributed by atoms with Gasteiger partial charge in [-0.1, -0.05) is 5.16 Å². The van der Waals surface area contributed by atoms with Crippen molar-refractivity contribution in [1.29, 1.82) is 0 Å². The molecule has 154 valence electrons. The van der Waals surface area contributed by atoms with Gasteiger partial charge in [0.1, 0.15) is 5.76 Å². The van der Waals surface area contributed by atoms with E-state index in [0.29, 0.717) is 12.4 Å². The van der Waals surface area contributed by atoms with Gasteiger partial charge in [0.2, 0.25) is 0 Å². The van der Waals surface area contributed by atoms with E-state index in [-0.39, 0.29) is 5.56 Å². The molecule has 1 saturated heterocycles. The van der Waals surface area contributed by atoms with Gasteiger partial charge in [-0.3, -0.25) is 14.6 Å². The highest BCUT2D eigenvalue weighted by atomic mass is 16.5. The highest BCUT2D eigenvalue weighted by molar-refractivity contribution is 5.23. The molecule has 0 unspecified atom stereocenters. The van der Waals surface area contributed by atoms with Gasteiger partial charge < -0.3 is 4.52 Å². The van der Waals surface area contributed by atoms with Crippen LogP contribution in [0.1, 0.15) is 22.7 Å². The fraction of sp³-hybridized carbons (Fsp3) is 0.500. The first-order valence-corrected chi connectivity index (χ1v) is 9.96. The zero-order valence-corrected chi connectivity index (χ0v) is 17.2. The van der Waals surface area contributed by atoms with Crippen LogP contribution in [-0.2, 0) is 13.1 Å². The van der Waals surface area contributed by atoms with E-state index in [2.05, 4.69) is 25.2 Å². The smallest absolute Gasteiger partial charge is 0.266 e. The maximum absolute atomic E-state index is 12.3. The Morgan fingerprint density at radius 2 is 1.76 bits per heavy atom. The molecule has 0 atom stereocenters. The molecule has 3 aromatic rings. The van der Waals surface area contributed by atoms with E-state index < -0.39 is 0 Å². The summed E-state index contributed by atoms with van der Waals surface area (Å²) in [6.45, 7) is 12.0. The Labute approximate surface area is 169 Å². The molecular weight excluding hydrogens is 370 g/mol. The van der Waals surface area contributed by atoms with E-state index in [1.54, 1.807) is 27.7 Å². The molecule has 3 aromatic heterocycles. The van der Waals surface area contributed by atoms with E-state index in [4.69, 9.17) is 4.52 Å². The molecule has 0 amide bonds. The molecule has 4 rings (SSSR count). The number of piperazine rings is 1. The Morgan fingerprint density at radius 1 is 1.00 bits per heavy atom. The van der Waals surface area contributed by atoms with Gasteiger partial charge in [-0.2, -0.15) is 5.10 Å². The summed E-state index contributed by atoms with van der Waals surface area (Å²) in [6, 6.07) is 5.29. The van der Waals surface area contributed by atoms with Crippen molar-refractivity contribution in [3.8, 4) is 5.82 Å². The van der Waals surface area contributed by atoms with Crippen LogP contribution in [-0.4, -0.2) is 67.2 Å². The fourth-order valence-electron chi connectivity index (χ4n) is 3.69. The van der Waals surface area contributed by atoms with Crippen LogP contribution in [0.15, 0.2) is 33.7 Å². The molecule has 9 nitrogen and oxygen atoms in total. The first-order valence-electron chi connectivity index (χ1n) is 9.96. The van der Waals surface area contributed by atoms with E-state index in [1.165, 1.54) is 0 Å². The van der Waals surface area contributed by atoms with Gasteiger partial charge in [0.25, 0.3) is 5.56 Å². The van der Waals surface area contributed by atoms with Gasteiger partial charge in [0.05, 0.1) is 18.4 Å². The Kier molecular flexibility index (Phi) is 5.59. The van der Waals surface area contributed by atoms with Gasteiger partial charge in [-0.25, -0.2) is 9.36 Å². The largest absolute Gasteiger partial charge is 0.361 e. The third kappa shape index (κ3) is 4.46. The first kappa shape index (κ1) is 19.5. The van der Waals surface area contributed by atoms with Crippen LogP contribution in [0.3, 0.4) is 0 Å². The number of nitrogens with zero attached hydrogens (tertiary/aromatic N) is 7. The third-order valence-electron chi connectivity index (χ3n) is 5.42. The highest BCUT2D eigenvalue weighted by Crippen LogP contribution is 2.12. The SMILES string of the molecule is Cc1cc(C)n(-c2ccc(=O)n(CCN3CCN(Cc4cnoc4C)CC3)n2)n1. The van der Waals surface area contributed by atoms with E-state index >= 15 is 0 Å². The molecule has 4 heterocycles. The predicted molar refractivity (Wildman–Crippen MR) is 108 cm³/mol. The minimum Gasteiger partial charge on any atom is -0.361 e. The number of hydrogen-bond acceptors (Lipinski definition) is 7. The van der Waals surface area contributed by atoms with Gasteiger partial charge in [-0.05, 0) is 32.9 Å². The molecule has 0 aliphatic carbocycles. The zero-order chi connectivity index (χ0) is 20.4. The van der Waals surface area contributed by atoms with Crippen LogP contribution in [0.4, 0.5) is 0 Å². The van der Waals surface area contributed by atoms with Crippen molar-refractivity contribution in [2.75, 3.05) is 32.7 Å². The fourth-order valence-corrected chi connectivity index (χ4v) is 3.69. The molecule has 1 aliphatic rings. The molecule has 29 heavy (non-hydrogen) atoms. The van der Waals surface area contributed by atoms with E-state index in [9.17, 15) is 4.79 Å². The number of aryl methyl sites for hydroxylation is 3. The second-order valence-corrected chi connectivity index (χ2v) is 7.62. The van der Waals surface area contributed by atoms with Crippen LogP contribution in [0.2, 0.25) is 0 Å². The van der Waals surface area contributed by atoms with Crippen molar-refractivity contribution in [2.24, 2.45) is 0 Å². The molecular formula is C20H27N7O2. The van der Waals surface area contributed by atoms with Crippen molar-refractivity contribution in [1.82, 2.24) is 34.5 Å². The minimum absolute atomic E-state index is 0.0862. The van der Waals surface area contributed by atoms with Crippen LogP contribution in [0, 0.1) is 20.8 Å². The lowest BCUT2D eigenvalue weighted by Crippen LogP contribution is -2.47. The van der Waals surface area contributed by atoms with Gasteiger partial charge in [0, 0.05) is 56.6 Å². The summed E-state index contributed by atoms with van der Waals surface area (Å²) in [5, 5.41) is 12.8. The summed E-state index contributed by atoms with van der Waals surface area (Å²) in [5.74, 6) is 1.56. The molecule has 0 radical (unpaired) electrons. The van der Waals surface area contributed by atoms with Crippen molar-refractivity contribution in [3.63, 3.8) is 0 Å². The van der Waals surface area contributed by atoms with Crippen molar-refractivity contribution in [3.05, 3.63) is 57.5 Å². The summed E-state index contributed by atoms with van der Waals surface area (Å²) in [7, 11) is 0. The van der Waals surface area contributed by atoms with Gasteiger partial charge in [-0.15, -0.1) is 5.10 Å². The lowest BCUT2D eigenvalue weighted by atomic mass is 10.2. The average Bonchev–Trinajstić information content (AvgIpc) is 3.26. The predicted octanol–water partition coefficient (Wildman–Crippen LogP) is 1.16. The number of aromatic nitrogens is 5. The Morgan fingerprint density at radius 3 is 2.41 bits per heavy atom. The highest BCUT2D eigenvalue weighted by Gasteiger charge is 2.18. The molecule has 0 spiro atoms. The lowest BCUT2D eigenvalue weighted by molar-refractivity contribution is 0.122. The second-order valence-electron chi connectivity index (χ2n) is 7.62. The lowest BCUT2D eigenvalue weighted by Gasteiger charge is -2.34. The average molecular weight is 397 g/mol. The quantitative estimate of drug-likeness (QED) is 0.617. The third-order valence-corrected chi connectivity index (χ3v) is 5.42. The molecule has 9 heteroatoms. The van der Waals surface area contributed by atoms with Crippen LogP contribution >= 0.6 is 0 Å². The maximum Gasteiger partial charge on any atom is 0.266 e.